The van der Waals surface area contributed by atoms with Crippen molar-refractivity contribution in [1.82, 2.24) is 10.3 Å². The second-order valence-electron chi connectivity index (χ2n) is 5.38. The molecule has 0 spiro atoms. The number of rotatable bonds is 4. The lowest BCUT2D eigenvalue weighted by Gasteiger charge is -2.09. The average Bonchev–Trinajstić information content (AvgIpc) is 3.29. The van der Waals surface area contributed by atoms with Crippen molar-refractivity contribution in [2.45, 2.75) is 32.4 Å². The lowest BCUT2D eigenvalue weighted by atomic mass is 9.99. The van der Waals surface area contributed by atoms with Crippen LogP contribution in [0.1, 0.15) is 29.5 Å². The van der Waals surface area contributed by atoms with Gasteiger partial charge in [-0.2, -0.15) is 5.26 Å². The molecule has 1 heterocycles. The maximum absolute atomic E-state index is 8.95. The van der Waals surface area contributed by atoms with Crippen molar-refractivity contribution in [1.29, 1.82) is 5.26 Å². The van der Waals surface area contributed by atoms with Crippen LogP contribution in [-0.4, -0.2) is 11.0 Å². The number of benzene rings is 1. The van der Waals surface area contributed by atoms with Gasteiger partial charge in [-0.25, -0.2) is 0 Å². The number of nitriles is 1. The molecule has 3 rings (SSSR count). The maximum Gasteiger partial charge on any atom is 0.101 e. The highest BCUT2D eigenvalue weighted by molar-refractivity contribution is 5.68. The van der Waals surface area contributed by atoms with Crippen molar-refractivity contribution in [3.63, 3.8) is 0 Å². The van der Waals surface area contributed by atoms with Crippen LogP contribution in [0.15, 0.2) is 36.7 Å². The van der Waals surface area contributed by atoms with E-state index in [2.05, 4.69) is 41.5 Å². The van der Waals surface area contributed by atoms with E-state index in [0.717, 1.165) is 23.7 Å². The third kappa shape index (κ3) is 2.87. The fourth-order valence-electron chi connectivity index (χ4n) is 2.36. The van der Waals surface area contributed by atoms with E-state index in [0.29, 0.717) is 5.56 Å². The second-order valence-corrected chi connectivity index (χ2v) is 5.38. The zero-order valence-corrected chi connectivity index (χ0v) is 11.6. The summed E-state index contributed by atoms with van der Waals surface area (Å²) in [5.41, 5.74) is 5.27. The molecular weight excluding hydrogens is 246 g/mol. The first kappa shape index (κ1) is 12.8. The SMILES string of the molecule is Cc1cc(CNC2CC2)ccc1-c1cncc(C#N)c1. The molecule has 0 radical (unpaired) electrons. The van der Waals surface area contributed by atoms with Crippen LogP contribution >= 0.6 is 0 Å². The normalized spacial score (nSPS) is 14.0. The van der Waals surface area contributed by atoms with Crippen LogP contribution in [0.3, 0.4) is 0 Å². The minimum Gasteiger partial charge on any atom is -0.310 e. The molecule has 1 aliphatic carbocycles. The largest absolute Gasteiger partial charge is 0.310 e. The van der Waals surface area contributed by atoms with Gasteiger partial charge in [0.15, 0.2) is 0 Å². The van der Waals surface area contributed by atoms with E-state index < -0.39 is 0 Å². The molecule has 0 aliphatic heterocycles. The van der Waals surface area contributed by atoms with Crippen molar-refractivity contribution in [2.24, 2.45) is 0 Å². The van der Waals surface area contributed by atoms with Crippen LogP contribution < -0.4 is 5.32 Å². The van der Waals surface area contributed by atoms with Gasteiger partial charge in [-0.15, -0.1) is 0 Å². The number of aromatic nitrogens is 1. The van der Waals surface area contributed by atoms with E-state index in [9.17, 15) is 0 Å². The molecule has 100 valence electrons. The third-order valence-electron chi connectivity index (χ3n) is 3.64. The molecular formula is C17H17N3. The van der Waals surface area contributed by atoms with Gasteiger partial charge in [0.1, 0.15) is 6.07 Å². The molecule has 3 heteroatoms. The lowest BCUT2D eigenvalue weighted by molar-refractivity contribution is 0.687. The van der Waals surface area contributed by atoms with Gasteiger partial charge in [-0.05, 0) is 42.5 Å². The number of hydrogen-bond donors (Lipinski definition) is 1. The van der Waals surface area contributed by atoms with Crippen molar-refractivity contribution < 1.29 is 0 Å². The molecule has 1 fully saturated rings. The summed E-state index contributed by atoms with van der Waals surface area (Å²) in [6.07, 6.45) is 6.02. The summed E-state index contributed by atoms with van der Waals surface area (Å²) in [7, 11) is 0. The average molecular weight is 263 g/mol. The Kier molecular flexibility index (Phi) is 3.49. The molecule has 0 atom stereocenters. The highest BCUT2D eigenvalue weighted by atomic mass is 14.9. The Hall–Kier alpha value is -2.18. The van der Waals surface area contributed by atoms with Gasteiger partial charge in [-0.3, -0.25) is 4.98 Å². The maximum atomic E-state index is 8.95. The van der Waals surface area contributed by atoms with Crippen molar-refractivity contribution in [2.75, 3.05) is 0 Å². The molecule has 0 bridgehead atoms. The minimum absolute atomic E-state index is 0.598. The van der Waals surface area contributed by atoms with Crippen LogP contribution in [0.5, 0.6) is 0 Å². The fourth-order valence-corrected chi connectivity index (χ4v) is 2.36. The highest BCUT2D eigenvalue weighted by Crippen LogP contribution is 2.25. The molecule has 0 unspecified atom stereocenters. The van der Waals surface area contributed by atoms with E-state index in [1.807, 2.05) is 12.3 Å². The Morgan fingerprint density at radius 2 is 2.15 bits per heavy atom. The highest BCUT2D eigenvalue weighted by Gasteiger charge is 2.19. The van der Waals surface area contributed by atoms with E-state index >= 15 is 0 Å². The minimum atomic E-state index is 0.598. The Morgan fingerprint density at radius 3 is 2.85 bits per heavy atom. The number of nitrogens with zero attached hydrogens (tertiary/aromatic N) is 2. The lowest BCUT2D eigenvalue weighted by Crippen LogP contribution is -2.15. The van der Waals surface area contributed by atoms with Gasteiger partial charge >= 0.3 is 0 Å². The molecule has 0 saturated heterocycles. The van der Waals surface area contributed by atoms with Crippen molar-refractivity contribution in [3.05, 3.63) is 53.3 Å². The van der Waals surface area contributed by atoms with Crippen LogP contribution in [0, 0.1) is 18.3 Å². The van der Waals surface area contributed by atoms with Crippen LogP contribution in [0.25, 0.3) is 11.1 Å². The summed E-state index contributed by atoms with van der Waals surface area (Å²) >= 11 is 0. The van der Waals surface area contributed by atoms with Gasteiger partial charge in [-0.1, -0.05) is 18.2 Å². The number of hydrogen-bond acceptors (Lipinski definition) is 3. The first-order chi connectivity index (χ1) is 9.76. The number of pyridine rings is 1. The Bertz CT molecular complexity index is 666. The Morgan fingerprint density at radius 1 is 1.30 bits per heavy atom. The number of nitrogens with one attached hydrogen (secondary N) is 1. The molecule has 20 heavy (non-hydrogen) atoms. The molecule has 1 N–H and O–H groups in total. The van der Waals surface area contributed by atoms with Crippen molar-refractivity contribution in [3.8, 4) is 17.2 Å². The molecule has 1 aromatic carbocycles. The summed E-state index contributed by atoms with van der Waals surface area (Å²) in [5.74, 6) is 0. The first-order valence-electron chi connectivity index (χ1n) is 6.95. The topological polar surface area (TPSA) is 48.7 Å². The van der Waals surface area contributed by atoms with Gasteiger partial charge in [0.2, 0.25) is 0 Å². The van der Waals surface area contributed by atoms with Gasteiger partial charge < -0.3 is 5.32 Å². The van der Waals surface area contributed by atoms with E-state index in [1.54, 1.807) is 6.20 Å². The van der Waals surface area contributed by atoms with Crippen LogP contribution in [-0.2, 0) is 6.54 Å². The molecule has 0 amide bonds. The van der Waals surface area contributed by atoms with E-state index in [4.69, 9.17) is 5.26 Å². The summed E-state index contributed by atoms with van der Waals surface area (Å²) in [4.78, 5) is 4.13. The van der Waals surface area contributed by atoms with Crippen LogP contribution in [0.4, 0.5) is 0 Å². The summed E-state index contributed by atoms with van der Waals surface area (Å²) in [6, 6.07) is 11.2. The third-order valence-corrected chi connectivity index (χ3v) is 3.64. The predicted molar refractivity (Wildman–Crippen MR) is 79.0 cm³/mol. The molecule has 3 nitrogen and oxygen atoms in total. The Balaban J connectivity index is 1.83. The molecule has 1 saturated carbocycles. The van der Waals surface area contributed by atoms with Gasteiger partial charge in [0.05, 0.1) is 5.56 Å². The van der Waals surface area contributed by atoms with E-state index in [-0.39, 0.29) is 0 Å². The smallest absolute Gasteiger partial charge is 0.101 e. The second kappa shape index (κ2) is 5.44. The summed E-state index contributed by atoms with van der Waals surface area (Å²) in [5, 5.41) is 12.5. The van der Waals surface area contributed by atoms with Crippen molar-refractivity contribution >= 4 is 0 Å². The van der Waals surface area contributed by atoms with Gasteiger partial charge in [0.25, 0.3) is 0 Å². The van der Waals surface area contributed by atoms with Gasteiger partial charge in [0, 0.05) is 30.5 Å². The van der Waals surface area contributed by atoms with Crippen LogP contribution in [0.2, 0.25) is 0 Å². The fraction of sp³-hybridized carbons (Fsp3) is 0.294. The standard InChI is InChI=1S/C17H17N3/c1-12-6-13(10-20-16-3-4-16)2-5-17(12)15-7-14(8-18)9-19-11-15/h2,5-7,9,11,16,20H,3-4,10H2,1H3. The number of aryl methyl sites for hydroxylation is 1. The zero-order valence-electron chi connectivity index (χ0n) is 11.6. The van der Waals surface area contributed by atoms with E-state index in [1.165, 1.54) is 24.0 Å². The predicted octanol–water partition coefficient (Wildman–Crippen LogP) is 3.18. The summed E-state index contributed by atoms with van der Waals surface area (Å²) in [6.45, 7) is 3.04. The first-order valence-corrected chi connectivity index (χ1v) is 6.95. The molecule has 1 aliphatic rings. The quantitative estimate of drug-likeness (QED) is 0.921. The zero-order chi connectivity index (χ0) is 13.9. The Labute approximate surface area is 119 Å². The molecule has 2 aromatic rings. The monoisotopic (exact) mass is 263 g/mol. The molecule has 1 aromatic heterocycles. The summed E-state index contributed by atoms with van der Waals surface area (Å²) < 4.78 is 0.